The molecule has 3 fully saturated rings. The van der Waals surface area contributed by atoms with E-state index in [9.17, 15) is 19.2 Å². The monoisotopic (exact) mass is 854 g/mol. The average molecular weight is 855 g/mol. The number of hydrogen-bond donors (Lipinski definition) is 4. The minimum atomic E-state index is -0.565. The molecule has 0 unspecified atom stereocenters. The fraction of sp³-hybridized carbons (Fsp3) is 0.413. The van der Waals surface area contributed by atoms with Gasteiger partial charge < -0.3 is 30.7 Å². The molecule has 328 valence electrons. The number of aromatic nitrogens is 4. The predicted molar refractivity (Wildman–Crippen MR) is 239 cm³/mol. The van der Waals surface area contributed by atoms with E-state index in [1.165, 1.54) is 11.4 Å². The van der Waals surface area contributed by atoms with Crippen molar-refractivity contribution in [3.63, 3.8) is 0 Å². The van der Waals surface area contributed by atoms with Gasteiger partial charge in [-0.2, -0.15) is 10.1 Å². The van der Waals surface area contributed by atoms with Crippen LogP contribution < -0.4 is 36.4 Å². The van der Waals surface area contributed by atoms with E-state index in [-0.39, 0.29) is 29.8 Å². The molecule has 0 radical (unpaired) electrons. The fourth-order valence-electron chi connectivity index (χ4n) is 8.89. The van der Waals surface area contributed by atoms with Gasteiger partial charge in [0.1, 0.15) is 17.1 Å². The largest absolute Gasteiger partial charge is 0.372 e. The van der Waals surface area contributed by atoms with E-state index in [0.29, 0.717) is 48.3 Å². The summed E-state index contributed by atoms with van der Waals surface area (Å²) in [5.74, 6) is 0.371. The Morgan fingerprint density at radius 2 is 1.52 bits per heavy atom. The molecule has 17 nitrogen and oxygen atoms in total. The maximum atomic E-state index is 13.0. The highest BCUT2D eigenvalue weighted by molar-refractivity contribution is 6.06. The lowest BCUT2D eigenvalue weighted by Crippen LogP contribution is -2.49. The summed E-state index contributed by atoms with van der Waals surface area (Å²) in [6, 6.07) is 21.8. The van der Waals surface area contributed by atoms with Gasteiger partial charge in [0.2, 0.25) is 5.91 Å². The van der Waals surface area contributed by atoms with Gasteiger partial charge in [-0.1, -0.05) is 50.2 Å². The molecule has 6 heterocycles. The van der Waals surface area contributed by atoms with Crippen LogP contribution in [0.15, 0.2) is 71.3 Å². The lowest BCUT2D eigenvalue weighted by molar-refractivity contribution is -0.120. The summed E-state index contributed by atoms with van der Waals surface area (Å²) in [4.78, 5) is 62.8. The van der Waals surface area contributed by atoms with Gasteiger partial charge in [-0.3, -0.25) is 29.5 Å². The maximum Gasteiger partial charge on any atom is 0.328 e. The van der Waals surface area contributed by atoms with E-state index >= 15 is 0 Å². The van der Waals surface area contributed by atoms with E-state index in [1.54, 1.807) is 4.90 Å². The fourth-order valence-corrected chi connectivity index (χ4v) is 8.89. The molecule has 3 aromatic carbocycles. The first-order valence-corrected chi connectivity index (χ1v) is 21.8. The Morgan fingerprint density at radius 1 is 0.825 bits per heavy atom. The number of benzene rings is 3. The molecule has 0 saturated carbocycles. The topological polar surface area (TPSA) is 200 Å². The van der Waals surface area contributed by atoms with Gasteiger partial charge in [0.25, 0.3) is 5.91 Å². The number of piperidine rings is 1. The number of anilines is 5. The molecule has 9 rings (SSSR count). The molecule has 4 aliphatic heterocycles. The highest BCUT2D eigenvalue weighted by Crippen LogP contribution is 2.36. The molecule has 0 atom stereocenters. The van der Waals surface area contributed by atoms with E-state index in [2.05, 4.69) is 71.1 Å². The van der Waals surface area contributed by atoms with Crippen molar-refractivity contribution in [1.82, 2.24) is 35.5 Å². The van der Waals surface area contributed by atoms with Crippen LogP contribution in [0.5, 0.6) is 0 Å². The molecule has 63 heavy (non-hydrogen) atoms. The first-order valence-electron chi connectivity index (χ1n) is 21.8. The summed E-state index contributed by atoms with van der Waals surface area (Å²) >= 11 is 0. The van der Waals surface area contributed by atoms with Crippen molar-refractivity contribution in [1.29, 1.82) is 0 Å². The number of nitrogens with two attached hydrogens (primary N) is 1. The van der Waals surface area contributed by atoms with Gasteiger partial charge in [-0.25, -0.2) is 9.48 Å². The number of carbonyl (C=O) groups is 4. The molecule has 17 heteroatoms. The normalized spacial score (nSPS) is 17.4. The number of nitrogens with one attached hydrogen (secondary N) is 3. The average Bonchev–Trinajstić information content (AvgIpc) is 3.89. The van der Waals surface area contributed by atoms with Gasteiger partial charge in [0, 0.05) is 106 Å². The molecule has 0 aliphatic carbocycles. The molecule has 5 amide bonds. The Bertz CT molecular complexity index is 2510. The molecule has 3 saturated heterocycles. The number of hydrogen-bond acceptors (Lipinski definition) is 12. The van der Waals surface area contributed by atoms with Crippen LogP contribution in [0.25, 0.3) is 11.3 Å². The molecule has 2 aromatic heterocycles. The molecule has 4 aliphatic rings. The molecular weight excluding hydrogens is 801 g/mol. The van der Waals surface area contributed by atoms with Crippen molar-refractivity contribution in [2.75, 3.05) is 72.4 Å². The van der Waals surface area contributed by atoms with Crippen molar-refractivity contribution in [2.45, 2.75) is 65.0 Å². The number of imide groups is 1. The van der Waals surface area contributed by atoms with Crippen LogP contribution in [0.4, 0.5) is 33.4 Å². The zero-order valence-corrected chi connectivity index (χ0v) is 36.0. The van der Waals surface area contributed by atoms with Crippen molar-refractivity contribution in [3.8, 4) is 11.3 Å². The second-order valence-electron chi connectivity index (χ2n) is 17.9. The molecule has 5 aromatic rings. The SMILES string of the molecule is CC(C)(C)c1noc(C(=O)NCc2ccc(-c3nn4c(c3C(N)=O)Nc3ccc(N5CCN(CC6CCN(c7ccc(N8CCC(=O)NC8=O)cc7)CC6)CC5)cc3CC4)cc2)n1. The summed E-state index contributed by atoms with van der Waals surface area (Å²) in [6.45, 7) is 14.1. The van der Waals surface area contributed by atoms with Gasteiger partial charge >= 0.3 is 17.8 Å². The Labute approximate surface area is 365 Å². The van der Waals surface area contributed by atoms with Crippen molar-refractivity contribution in [3.05, 3.63) is 95.1 Å². The molecule has 0 spiro atoms. The second kappa shape index (κ2) is 17.2. The third kappa shape index (κ3) is 8.96. The Morgan fingerprint density at radius 3 is 2.21 bits per heavy atom. The summed E-state index contributed by atoms with van der Waals surface area (Å²) < 4.78 is 6.99. The third-order valence-corrected chi connectivity index (χ3v) is 12.6. The third-order valence-electron chi connectivity index (χ3n) is 12.6. The van der Waals surface area contributed by atoms with Crippen LogP contribution >= 0.6 is 0 Å². The molecule has 0 bridgehead atoms. The van der Waals surface area contributed by atoms with Gasteiger partial charge in [0.05, 0.1) is 0 Å². The van der Waals surface area contributed by atoms with E-state index in [4.69, 9.17) is 15.4 Å². The van der Waals surface area contributed by atoms with Crippen LogP contribution in [-0.4, -0.2) is 101 Å². The zero-order chi connectivity index (χ0) is 43.8. The minimum Gasteiger partial charge on any atom is -0.372 e. The number of rotatable bonds is 10. The summed E-state index contributed by atoms with van der Waals surface area (Å²) in [5.41, 5.74) is 13.4. The van der Waals surface area contributed by atoms with Crippen LogP contribution in [0.3, 0.4) is 0 Å². The quantitative estimate of drug-likeness (QED) is 0.146. The number of amides is 5. The molecular formula is C46H54N12O5. The van der Waals surface area contributed by atoms with Gasteiger partial charge in [0.15, 0.2) is 5.82 Å². The lowest BCUT2D eigenvalue weighted by atomic mass is 9.95. The number of urea groups is 1. The highest BCUT2D eigenvalue weighted by Gasteiger charge is 2.29. The predicted octanol–water partition coefficient (Wildman–Crippen LogP) is 5.04. The van der Waals surface area contributed by atoms with Crippen LogP contribution in [0.1, 0.15) is 78.0 Å². The number of aryl methyl sites for hydroxylation is 2. The van der Waals surface area contributed by atoms with Crippen LogP contribution in [0.2, 0.25) is 0 Å². The van der Waals surface area contributed by atoms with Gasteiger partial charge in [-0.05, 0) is 78.8 Å². The second-order valence-corrected chi connectivity index (χ2v) is 17.9. The number of piperazine rings is 1. The van der Waals surface area contributed by atoms with Crippen LogP contribution in [0, 0.1) is 5.92 Å². The summed E-state index contributed by atoms with van der Waals surface area (Å²) in [5, 5.41) is 17.5. The van der Waals surface area contributed by atoms with Gasteiger partial charge in [-0.15, -0.1) is 0 Å². The number of nitrogens with zero attached hydrogens (tertiary/aromatic N) is 8. The number of fused-ring (bicyclic) bond motifs is 2. The molecule has 5 N–H and O–H groups in total. The highest BCUT2D eigenvalue weighted by atomic mass is 16.5. The smallest absolute Gasteiger partial charge is 0.328 e. The first-order chi connectivity index (χ1) is 30.4. The Kier molecular flexibility index (Phi) is 11.4. The van der Waals surface area contributed by atoms with E-state index in [0.717, 1.165) is 93.1 Å². The van der Waals surface area contributed by atoms with Crippen molar-refractivity contribution < 1.29 is 23.7 Å². The van der Waals surface area contributed by atoms with Crippen molar-refractivity contribution in [2.24, 2.45) is 11.7 Å². The minimum absolute atomic E-state index is 0.0824. The first kappa shape index (κ1) is 41.6. The Balaban J connectivity index is 0.766. The summed E-state index contributed by atoms with van der Waals surface area (Å²) in [7, 11) is 0. The maximum absolute atomic E-state index is 13.0. The standard InChI is InChI=1S/C46H54N12O5/c1-46(2,3)44-51-43(63-53-44)42(61)48-27-29-4-6-31(7-5-29)39-38(40(47)60)41-49-36-13-12-35(26-32(36)16-21-58(41)52-39)56-24-22-54(23-25-56)28-30-14-18-55(19-15-30)33-8-10-34(11-9-33)57-20-17-37(59)50-45(57)62/h4-13,26,30,49H,14-25,27-28H2,1-3H3,(H2,47,60)(H,48,61)(H,50,59,62). The Hall–Kier alpha value is -6.75. The van der Waals surface area contributed by atoms with Crippen molar-refractivity contribution >= 4 is 52.3 Å². The summed E-state index contributed by atoms with van der Waals surface area (Å²) in [6.07, 6.45) is 3.33. The number of primary amides is 1. The van der Waals surface area contributed by atoms with E-state index in [1.807, 2.05) is 61.9 Å². The van der Waals surface area contributed by atoms with Crippen LogP contribution in [-0.2, 0) is 29.7 Å². The van der Waals surface area contributed by atoms with E-state index < -0.39 is 11.8 Å². The zero-order valence-electron chi connectivity index (χ0n) is 36.0. The lowest BCUT2D eigenvalue weighted by Gasteiger charge is -2.40. The number of carbonyl (C=O) groups excluding carboxylic acids is 4.